The number of unbranched alkanes of at least 4 members (excludes halogenated alkanes) is 1. The lowest BCUT2D eigenvalue weighted by Gasteiger charge is -2.33. The standard InChI is InChI=1S/C17H35NO/c1-5-6-7-14-8-10-15(11-9-14)16(18)12-13-17(2,3)19-4/h14-16H,5-13,18H2,1-4H3. The second kappa shape index (κ2) is 8.26. The average molecular weight is 269 g/mol. The lowest BCUT2D eigenvalue weighted by atomic mass is 9.76. The fourth-order valence-corrected chi connectivity index (χ4v) is 3.25. The summed E-state index contributed by atoms with van der Waals surface area (Å²) in [5.41, 5.74) is 6.38. The third-order valence-corrected chi connectivity index (χ3v) is 5.10. The third-order valence-electron chi connectivity index (χ3n) is 5.10. The van der Waals surface area contributed by atoms with E-state index in [9.17, 15) is 0 Å². The molecule has 0 bridgehead atoms. The summed E-state index contributed by atoms with van der Waals surface area (Å²) in [5, 5.41) is 0. The van der Waals surface area contributed by atoms with Gasteiger partial charge in [0, 0.05) is 13.2 Å². The SMILES string of the molecule is CCCCC1CCC(C(N)CCC(C)(C)OC)CC1. The van der Waals surface area contributed by atoms with E-state index >= 15 is 0 Å². The third kappa shape index (κ3) is 6.27. The Morgan fingerprint density at radius 3 is 2.37 bits per heavy atom. The van der Waals surface area contributed by atoms with Crippen molar-refractivity contribution >= 4 is 0 Å². The van der Waals surface area contributed by atoms with Gasteiger partial charge in [-0.05, 0) is 51.4 Å². The predicted molar refractivity (Wildman–Crippen MR) is 83.3 cm³/mol. The molecule has 2 nitrogen and oxygen atoms in total. The van der Waals surface area contributed by atoms with Crippen LogP contribution in [0.3, 0.4) is 0 Å². The van der Waals surface area contributed by atoms with E-state index in [-0.39, 0.29) is 5.60 Å². The van der Waals surface area contributed by atoms with Crippen molar-refractivity contribution in [3.05, 3.63) is 0 Å². The van der Waals surface area contributed by atoms with Crippen LogP contribution in [0.4, 0.5) is 0 Å². The van der Waals surface area contributed by atoms with Crippen LogP contribution in [-0.4, -0.2) is 18.8 Å². The van der Waals surface area contributed by atoms with Gasteiger partial charge >= 0.3 is 0 Å². The van der Waals surface area contributed by atoms with Crippen LogP contribution in [0.25, 0.3) is 0 Å². The summed E-state index contributed by atoms with van der Waals surface area (Å²) in [5.74, 6) is 1.74. The minimum absolute atomic E-state index is 0.0179. The zero-order valence-electron chi connectivity index (χ0n) is 13.6. The summed E-state index contributed by atoms with van der Waals surface area (Å²) in [7, 11) is 1.80. The molecule has 1 aliphatic carbocycles. The van der Waals surface area contributed by atoms with Crippen LogP contribution in [0.2, 0.25) is 0 Å². The molecule has 0 aromatic heterocycles. The van der Waals surface area contributed by atoms with Crippen molar-refractivity contribution in [3.8, 4) is 0 Å². The Morgan fingerprint density at radius 2 is 1.84 bits per heavy atom. The van der Waals surface area contributed by atoms with E-state index in [0.29, 0.717) is 6.04 Å². The van der Waals surface area contributed by atoms with E-state index in [1.807, 2.05) is 0 Å². The predicted octanol–water partition coefficient (Wildman–Crippen LogP) is 4.52. The van der Waals surface area contributed by atoms with Crippen molar-refractivity contribution in [2.75, 3.05) is 7.11 Å². The van der Waals surface area contributed by atoms with Gasteiger partial charge in [0.2, 0.25) is 0 Å². The van der Waals surface area contributed by atoms with Crippen LogP contribution in [0.15, 0.2) is 0 Å². The molecule has 1 unspecified atom stereocenters. The van der Waals surface area contributed by atoms with E-state index in [4.69, 9.17) is 10.5 Å². The lowest BCUT2D eigenvalue weighted by molar-refractivity contribution is 0.0105. The van der Waals surface area contributed by atoms with Crippen molar-refractivity contribution < 1.29 is 4.74 Å². The number of methoxy groups -OCH3 is 1. The number of ether oxygens (including phenoxy) is 1. The monoisotopic (exact) mass is 269 g/mol. The van der Waals surface area contributed by atoms with Crippen LogP contribution in [-0.2, 0) is 4.74 Å². The average Bonchev–Trinajstić information content (AvgIpc) is 2.43. The molecule has 1 atom stereocenters. The Hall–Kier alpha value is -0.0800. The molecular formula is C17H35NO. The molecule has 0 heterocycles. The maximum atomic E-state index is 6.40. The van der Waals surface area contributed by atoms with Gasteiger partial charge in [-0.25, -0.2) is 0 Å². The minimum atomic E-state index is -0.0179. The molecule has 1 aliphatic rings. The fourth-order valence-electron chi connectivity index (χ4n) is 3.25. The quantitative estimate of drug-likeness (QED) is 0.703. The van der Waals surface area contributed by atoms with Crippen LogP contribution in [0.5, 0.6) is 0 Å². The molecule has 0 saturated heterocycles. The Labute approximate surface area is 120 Å². The van der Waals surface area contributed by atoms with Gasteiger partial charge in [-0.1, -0.05) is 39.0 Å². The maximum absolute atomic E-state index is 6.40. The molecule has 0 aromatic carbocycles. The molecule has 0 aromatic rings. The van der Waals surface area contributed by atoms with E-state index in [1.54, 1.807) is 7.11 Å². The summed E-state index contributed by atoms with van der Waals surface area (Å²) < 4.78 is 5.48. The molecule has 1 fully saturated rings. The first-order valence-electron chi connectivity index (χ1n) is 8.29. The summed E-state index contributed by atoms with van der Waals surface area (Å²) >= 11 is 0. The van der Waals surface area contributed by atoms with Gasteiger partial charge in [0.15, 0.2) is 0 Å². The molecule has 0 spiro atoms. The highest BCUT2D eigenvalue weighted by atomic mass is 16.5. The normalized spacial score (nSPS) is 26.4. The Morgan fingerprint density at radius 1 is 1.21 bits per heavy atom. The van der Waals surface area contributed by atoms with Crippen molar-refractivity contribution in [2.45, 2.75) is 90.2 Å². The minimum Gasteiger partial charge on any atom is -0.379 e. The molecule has 114 valence electrons. The summed E-state index contributed by atoms with van der Waals surface area (Å²) in [6, 6.07) is 0.376. The van der Waals surface area contributed by atoms with Crippen molar-refractivity contribution in [3.63, 3.8) is 0 Å². The van der Waals surface area contributed by atoms with E-state index in [0.717, 1.165) is 24.7 Å². The molecule has 1 saturated carbocycles. The number of nitrogens with two attached hydrogens (primary N) is 1. The van der Waals surface area contributed by atoms with Crippen molar-refractivity contribution in [1.82, 2.24) is 0 Å². The molecule has 1 rings (SSSR count). The topological polar surface area (TPSA) is 35.2 Å². The first-order valence-corrected chi connectivity index (χ1v) is 8.29. The second-order valence-electron chi connectivity index (χ2n) is 7.09. The summed E-state index contributed by atoms with van der Waals surface area (Å²) in [6.07, 6.45) is 11.9. The van der Waals surface area contributed by atoms with Gasteiger partial charge in [0.1, 0.15) is 0 Å². The van der Waals surface area contributed by atoms with Crippen molar-refractivity contribution in [1.29, 1.82) is 0 Å². The van der Waals surface area contributed by atoms with Gasteiger partial charge in [-0.2, -0.15) is 0 Å². The maximum Gasteiger partial charge on any atom is 0.0623 e. The first-order chi connectivity index (χ1) is 8.98. The van der Waals surface area contributed by atoms with Gasteiger partial charge < -0.3 is 10.5 Å². The van der Waals surface area contributed by atoms with E-state index in [1.165, 1.54) is 44.9 Å². The van der Waals surface area contributed by atoms with Gasteiger partial charge in [0.05, 0.1) is 5.60 Å². The zero-order chi connectivity index (χ0) is 14.3. The summed E-state index contributed by atoms with van der Waals surface area (Å²) in [6.45, 7) is 6.60. The van der Waals surface area contributed by atoms with Crippen LogP contribution in [0, 0.1) is 11.8 Å². The highest BCUT2D eigenvalue weighted by molar-refractivity contribution is 4.82. The number of rotatable bonds is 8. The molecule has 0 aliphatic heterocycles. The molecule has 2 heteroatoms. The van der Waals surface area contributed by atoms with Crippen LogP contribution >= 0.6 is 0 Å². The van der Waals surface area contributed by atoms with Crippen molar-refractivity contribution in [2.24, 2.45) is 17.6 Å². The number of hydrogen-bond acceptors (Lipinski definition) is 2. The fraction of sp³-hybridized carbons (Fsp3) is 1.00. The highest BCUT2D eigenvalue weighted by Gasteiger charge is 2.27. The summed E-state index contributed by atoms with van der Waals surface area (Å²) in [4.78, 5) is 0. The molecule has 0 radical (unpaired) electrons. The zero-order valence-corrected chi connectivity index (χ0v) is 13.6. The molecule has 19 heavy (non-hydrogen) atoms. The molecule has 2 N–H and O–H groups in total. The number of hydrogen-bond donors (Lipinski definition) is 1. The Bertz CT molecular complexity index is 231. The van der Waals surface area contributed by atoms with Gasteiger partial charge in [-0.3, -0.25) is 0 Å². The second-order valence-corrected chi connectivity index (χ2v) is 7.09. The highest BCUT2D eigenvalue weighted by Crippen LogP contribution is 2.34. The van der Waals surface area contributed by atoms with Crippen LogP contribution < -0.4 is 5.73 Å². The van der Waals surface area contributed by atoms with Gasteiger partial charge in [0.25, 0.3) is 0 Å². The lowest BCUT2D eigenvalue weighted by Crippen LogP contribution is -2.35. The van der Waals surface area contributed by atoms with Crippen LogP contribution in [0.1, 0.15) is 78.6 Å². The first kappa shape index (κ1) is 17.0. The van der Waals surface area contributed by atoms with Gasteiger partial charge in [-0.15, -0.1) is 0 Å². The Kier molecular flexibility index (Phi) is 7.38. The smallest absolute Gasteiger partial charge is 0.0623 e. The van der Waals surface area contributed by atoms with E-state index in [2.05, 4.69) is 20.8 Å². The molecular weight excluding hydrogens is 234 g/mol. The Balaban J connectivity index is 2.23. The largest absolute Gasteiger partial charge is 0.379 e. The van der Waals surface area contributed by atoms with E-state index < -0.39 is 0 Å². The molecule has 0 amide bonds.